The van der Waals surface area contributed by atoms with Crippen LogP contribution in [-0.2, 0) is 22.5 Å². The zero-order valence-electron chi connectivity index (χ0n) is 18.8. The van der Waals surface area contributed by atoms with Gasteiger partial charge in [-0.15, -0.1) is 0 Å². The number of nitrogens with zero attached hydrogens (tertiary/aromatic N) is 1. The van der Waals surface area contributed by atoms with E-state index < -0.39 is 11.8 Å². The largest absolute Gasteiger partial charge is 0.497 e. The highest BCUT2D eigenvalue weighted by atomic mass is 19.1. The second kappa shape index (κ2) is 14.0. The maximum atomic E-state index is 13.2. The Morgan fingerprint density at radius 1 is 1.09 bits per heavy atom. The number of halogens is 1. The van der Waals surface area contributed by atoms with Gasteiger partial charge >= 0.3 is 0 Å². The molecule has 0 bridgehead atoms. The second-order valence-electron chi connectivity index (χ2n) is 7.30. The van der Waals surface area contributed by atoms with E-state index in [1.54, 1.807) is 19.2 Å². The van der Waals surface area contributed by atoms with Crippen molar-refractivity contribution in [3.05, 3.63) is 65.5 Å². The topological polar surface area (TPSA) is 98.0 Å². The molecule has 8 heteroatoms. The summed E-state index contributed by atoms with van der Waals surface area (Å²) in [6, 6.07) is 13.8. The van der Waals surface area contributed by atoms with Crippen LogP contribution in [0.2, 0.25) is 0 Å². The smallest absolute Gasteiger partial charge is 0.222 e. The zero-order chi connectivity index (χ0) is 23.2. The molecular weight excluding hydrogens is 411 g/mol. The van der Waals surface area contributed by atoms with Crippen molar-refractivity contribution in [3.8, 4) is 5.75 Å². The average molecular weight is 445 g/mol. The van der Waals surface area contributed by atoms with E-state index >= 15 is 0 Å². The number of amides is 1. The van der Waals surface area contributed by atoms with Crippen LogP contribution in [0.3, 0.4) is 0 Å². The summed E-state index contributed by atoms with van der Waals surface area (Å²) in [4.78, 5) is 16.6. The fourth-order valence-electron chi connectivity index (χ4n) is 3.00. The number of ether oxygens (including phenoxy) is 2. The monoisotopic (exact) mass is 444 g/mol. The van der Waals surface area contributed by atoms with E-state index in [0.717, 1.165) is 23.3 Å². The third kappa shape index (κ3) is 9.34. The van der Waals surface area contributed by atoms with Gasteiger partial charge in [-0.2, -0.15) is 0 Å². The van der Waals surface area contributed by atoms with Crippen molar-refractivity contribution in [1.82, 2.24) is 10.6 Å². The normalized spacial score (nSPS) is 12.3. The van der Waals surface area contributed by atoms with E-state index in [9.17, 15) is 9.18 Å². The van der Waals surface area contributed by atoms with Crippen LogP contribution in [0.4, 0.5) is 4.39 Å². The number of hydrogen-bond acceptors (Lipinski definition) is 4. The fraction of sp³-hybridized carbons (Fsp3) is 0.417. The summed E-state index contributed by atoms with van der Waals surface area (Å²) < 4.78 is 23.7. The second-order valence-corrected chi connectivity index (χ2v) is 7.30. The van der Waals surface area contributed by atoms with Crippen LogP contribution in [0.15, 0.2) is 53.5 Å². The van der Waals surface area contributed by atoms with Gasteiger partial charge in [0, 0.05) is 26.3 Å². The number of primary amides is 1. The summed E-state index contributed by atoms with van der Waals surface area (Å²) in [5.41, 5.74) is 7.48. The Morgan fingerprint density at radius 2 is 1.78 bits per heavy atom. The van der Waals surface area contributed by atoms with Gasteiger partial charge in [-0.05, 0) is 55.2 Å². The quantitative estimate of drug-likeness (QED) is 0.251. The molecule has 0 heterocycles. The molecule has 0 aliphatic rings. The summed E-state index contributed by atoms with van der Waals surface area (Å²) in [6.07, 6.45) is 1.24. The molecule has 0 radical (unpaired) electrons. The first-order chi connectivity index (χ1) is 15.5. The van der Waals surface area contributed by atoms with Gasteiger partial charge in [-0.25, -0.2) is 9.38 Å². The van der Waals surface area contributed by atoms with Crippen molar-refractivity contribution >= 4 is 11.9 Å². The molecular formula is C24H33FN4O3. The number of benzene rings is 2. The molecule has 1 amide bonds. The maximum absolute atomic E-state index is 13.2. The highest BCUT2D eigenvalue weighted by Gasteiger charge is 2.17. The van der Waals surface area contributed by atoms with E-state index in [1.807, 2.05) is 31.2 Å². The third-order valence-corrected chi connectivity index (χ3v) is 4.85. The summed E-state index contributed by atoms with van der Waals surface area (Å²) in [5, 5.41) is 6.48. The Bertz CT molecular complexity index is 841. The first-order valence-corrected chi connectivity index (χ1v) is 10.8. The Morgan fingerprint density at radius 3 is 2.41 bits per heavy atom. The van der Waals surface area contributed by atoms with Gasteiger partial charge in [0.05, 0.1) is 19.6 Å². The van der Waals surface area contributed by atoms with Crippen molar-refractivity contribution in [2.75, 3.05) is 33.4 Å². The van der Waals surface area contributed by atoms with Crippen LogP contribution in [0, 0.1) is 11.7 Å². The molecule has 2 rings (SSSR count). The number of carbonyl (C=O) groups is 1. The van der Waals surface area contributed by atoms with E-state index in [0.29, 0.717) is 45.2 Å². The van der Waals surface area contributed by atoms with E-state index in [4.69, 9.17) is 15.2 Å². The molecule has 1 unspecified atom stereocenters. The minimum atomic E-state index is -0.461. The van der Waals surface area contributed by atoms with E-state index in [1.165, 1.54) is 12.1 Å². The molecule has 0 saturated heterocycles. The minimum Gasteiger partial charge on any atom is -0.497 e. The lowest BCUT2D eigenvalue weighted by Gasteiger charge is -2.18. The predicted octanol–water partition coefficient (Wildman–Crippen LogP) is 2.64. The fourth-order valence-corrected chi connectivity index (χ4v) is 3.00. The number of hydrogen-bond donors (Lipinski definition) is 3. The van der Waals surface area contributed by atoms with Crippen molar-refractivity contribution in [2.45, 2.75) is 26.3 Å². The van der Waals surface area contributed by atoms with Gasteiger partial charge in [0.25, 0.3) is 0 Å². The van der Waals surface area contributed by atoms with Gasteiger partial charge in [0.1, 0.15) is 11.6 Å². The zero-order valence-corrected chi connectivity index (χ0v) is 18.8. The van der Waals surface area contributed by atoms with Crippen molar-refractivity contribution < 1.29 is 18.7 Å². The van der Waals surface area contributed by atoms with Crippen LogP contribution in [0.25, 0.3) is 0 Å². The van der Waals surface area contributed by atoms with Crippen LogP contribution in [-0.4, -0.2) is 45.3 Å². The summed E-state index contributed by atoms with van der Waals surface area (Å²) >= 11 is 0. The number of rotatable bonds is 13. The SMILES string of the molecule is CCOCCCNC(=NCc1ccc(OC)cc1)NCC(Cc1ccc(F)cc1)C(N)=O. The Labute approximate surface area is 189 Å². The summed E-state index contributed by atoms with van der Waals surface area (Å²) in [5.74, 6) is 0.175. The number of nitrogens with two attached hydrogens (primary N) is 1. The number of methoxy groups -OCH3 is 1. The Balaban J connectivity index is 1.99. The van der Waals surface area contributed by atoms with Crippen molar-refractivity contribution in [2.24, 2.45) is 16.6 Å². The molecule has 174 valence electrons. The molecule has 7 nitrogen and oxygen atoms in total. The lowest BCUT2D eigenvalue weighted by atomic mass is 9.98. The molecule has 0 spiro atoms. The molecule has 2 aromatic rings. The standard InChI is InChI=1S/C24H33FN4O3/c1-3-32-14-4-13-27-24(28-16-19-7-11-22(31-2)12-8-19)29-17-20(23(26)30)15-18-5-9-21(25)10-6-18/h5-12,20H,3-4,13-17H2,1-2H3,(H2,26,30)(H2,27,28,29). The molecule has 0 aliphatic carbocycles. The van der Waals surface area contributed by atoms with Gasteiger partial charge in [0.15, 0.2) is 5.96 Å². The minimum absolute atomic E-state index is 0.312. The lowest BCUT2D eigenvalue weighted by molar-refractivity contribution is -0.121. The number of carbonyl (C=O) groups excluding carboxylic acids is 1. The van der Waals surface area contributed by atoms with Crippen LogP contribution < -0.4 is 21.1 Å². The Kier molecular flexibility index (Phi) is 11.0. The first-order valence-electron chi connectivity index (χ1n) is 10.8. The molecule has 2 aromatic carbocycles. The van der Waals surface area contributed by atoms with Gasteiger partial charge in [0.2, 0.25) is 5.91 Å². The molecule has 32 heavy (non-hydrogen) atoms. The van der Waals surface area contributed by atoms with Gasteiger partial charge in [-0.1, -0.05) is 24.3 Å². The molecule has 0 aromatic heterocycles. The number of nitrogens with one attached hydrogen (secondary N) is 2. The predicted molar refractivity (Wildman–Crippen MR) is 124 cm³/mol. The average Bonchev–Trinajstić information content (AvgIpc) is 2.80. The third-order valence-electron chi connectivity index (χ3n) is 4.85. The van der Waals surface area contributed by atoms with Gasteiger partial charge in [-0.3, -0.25) is 4.79 Å². The van der Waals surface area contributed by atoms with Crippen molar-refractivity contribution in [3.63, 3.8) is 0 Å². The van der Waals surface area contributed by atoms with E-state index in [-0.39, 0.29) is 5.82 Å². The van der Waals surface area contributed by atoms with E-state index in [2.05, 4.69) is 15.6 Å². The summed E-state index contributed by atoms with van der Waals surface area (Å²) in [7, 11) is 1.63. The molecule has 4 N–H and O–H groups in total. The maximum Gasteiger partial charge on any atom is 0.222 e. The number of guanidine groups is 1. The first kappa shape index (κ1) is 25.1. The molecule has 0 aliphatic heterocycles. The molecule has 1 atom stereocenters. The molecule has 0 fully saturated rings. The van der Waals surface area contributed by atoms with Gasteiger partial charge < -0.3 is 25.8 Å². The Hall–Kier alpha value is -3.13. The summed E-state index contributed by atoms with van der Waals surface area (Å²) in [6.45, 7) is 4.75. The number of aliphatic imine (C=N–C) groups is 1. The van der Waals surface area contributed by atoms with Crippen molar-refractivity contribution in [1.29, 1.82) is 0 Å². The lowest BCUT2D eigenvalue weighted by Crippen LogP contribution is -2.43. The molecule has 0 saturated carbocycles. The highest BCUT2D eigenvalue weighted by Crippen LogP contribution is 2.12. The highest BCUT2D eigenvalue weighted by molar-refractivity contribution is 5.82. The van der Waals surface area contributed by atoms with Crippen LogP contribution in [0.1, 0.15) is 24.5 Å². The van der Waals surface area contributed by atoms with Crippen LogP contribution in [0.5, 0.6) is 5.75 Å². The van der Waals surface area contributed by atoms with Crippen LogP contribution >= 0.6 is 0 Å².